The highest BCUT2D eigenvalue weighted by molar-refractivity contribution is 5.41. The zero-order chi connectivity index (χ0) is 13.4. The average Bonchev–Trinajstić information content (AvgIpc) is 2.77. The monoisotopic (exact) mass is 260 g/mol. The number of phenols is 1. The maximum atomic E-state index is 9.99. The standard InChI is InChI=1S/C17H24O2/c1-11(18)5-6-12-7-8-14-10-16-13(9-15(12)14)3-2-4-17(16)19/h2-4,11-12,14-15,18-19H,5-10H2,1H3. The Labute approximate surface area is 115 Å². The Morgan fingerprint density at radius 2 is 2.11 bits per heavy atom. The third kappa shape index (κ3) is 2.51. The summed E-state index contributed by atoms with van der Waals surface area (Å²) in [5.41, 5.74) is 2.55. The number of phenolic OH excluding ortho intramolecular Hbond substituents is 1. The van der Waals surface area contributed by atoms with E-state index in [4.69, 9.17) is 0 Å². The van der Waals surface area contributed by atoms with E-state index in [1.54, 1.807) is 0 Å². The second-order valence-electron chi connectivity index (χ2n) is 6.51. The van der Waals surface area contributed by atoms with Gasteiger partial charge in [-0.3, -0.25) is 0 Å². The molecule has 2 aliphatic carbocycles. The van der Waals surface area contributed by atoms with Crippen molar-refractivity contribution < 1.29 is 10.2 Å². The molecule has 2 heteroatoms. The molecule has 0 saturated heterocycles. The van der Waals surface area contributed by atoms with Crippen LogP contribution in [-0.4, -0.2) is 16.3 Å². The fraction of sp³-hybridized carbons (Fsp3) is 0.647. The first-order valence-electron chi connectivity index (χ1n) is 7.63. The van der Waals surface area contributed by atoms with E-state index in [-0.39, 0.29) is 6.10 Å². The van der Waals surface area contributed by atoms with Crippen LogP contribution in [0, 0.1) is 17.8 Å². The second kappa shape index (κ2) is 5.16. The van der Waals surface area contributed by atoms with Crippen LogP contribution in [0.25, 0.3) is 0 Å². The average molecular weight is 260 g/mol. The van der Waals surface area contributed by atoms with Crippen LogP contribution >= 0.6 is 0 Å². The summed E-state index contributed by atoms with van der Waals surface area (Å²) in [5, 5.41) is 19.5. The van der Waals surface area contributed by atoms with Crippen molar-refractivity contribution in [1.29, 1.82) is 0 Å². The van der Waals surface area contributed by atoms with Crippen molar-refractivity contribution in [2.24, 2.45) is 17.8 Å². The molecule has 1 aromatic rings. The molecule has 0 aliphatic heterocycles. The van der Waals surface area contributed by atoms with Gasteiger partial charge in [-0.05, 0) is 80.4 Å². The van der Waals surface area contributed by atoms with E-state index in [0.717, 1.165) is 43.4 Å². The fourth-order valence-corrected chi connectivity index (χ4v) is 4.21. The van der Waals surface area contributed by atoms with Crippen LogP contribution < -0.4 is 0 Å². The normalized spacial score (nSPS) is 30.7. The summed E-state index contributed by atoms with van der Waals surface area (Å²) in [6, 6.07) is 5.96. The van der Waals surface area contributed by atoms with Gasteiger partial charge in [0.25, 0.3) is 0 Å². The SMILES string of the molecule is CC(O)CCC1CCC2Cc3c(O)cccc3CC12. The van der Waals surface area contributed by atoms with Gasteiger partial charge in [0, 0.05) is 0 Å². The van der Waals surface area contributed by atoms with Crippen LogP contribution in [0.5, 0.6) is 5.75 Å². The van der Waals surface area contributed by atoms with Crippen LogP contribution in [0.15, 0.2) is 18.2 Å². The lowest BCUT2D eigenvalue weighted by atomic mass is 9.73. The highest BCUT2D eigenvalue weighted by atomic mass is 16.3. The van der Waals surface area contributed by atoms with Crippen molar-refractivity contribution in [2.45, 2.75) is 51.6 Å². The number of aromatic hydroxyl groups is 1. The predicted molar refractivity (Wildman–Crippen MR) is 76.1 cm³/mol. The van der Waals surface area contributed by atoms with E-state index < -0.39 is 0 Å². The Morgan fingerprint density at radius 3 is 2.89 bits per heavy atom. The van der Waals surface area contributed by atoms with Crippen molar-refractivity contribution in [3.63, 3.8) is 0 Å². The summed E-state index contributed by atoms with van der Waals surface area (Å²) >= 11 is 0. The lowest BCUT2D eigenvalue weighted by molar-refractivity contribution is 0.163. The molecule has 1 saturated carbocycles. The van der Waals surface area contributed by atoms with Gasteiger partial charge in [0.05, 0.1) is 6.10 Å². The first-order valence-corrected chi connectivity index (χ1v) is 7.63. The molecule has 0 amide bonds. The maximum absolute atomic E-state index is 9.99. The van der Waals surface area contributed by atoms with Gasteiger partial charge in [0.15, 0.2) is 0 Å². The van der Waals surface area contributed by atoms with E-state index in [1.165, 1.54) is 24.0 Å². The third-order valence-corrected chi connectivity index (χ3v) is 5.24. The third-order valence-electron chi connectivity index (χ3n) is 5.24. The summed E-state index contributed by atoms with van der Waals surface area (Å²) in [5.74, 6) is 2.78. The molecule has 0 bridgehead atoms. The van der Waals surface area contributed by atoms with Gasteiger partial charge in [0.1, 0.15) is 5.75 Å². The van der Waals surface area contributed by atoms with Gasteiger partial charge >= 0.3 is 0 Å². The zero-order valence-electron chi connectivity index (χ0n) is 11.7. The first-order chi connectivity index (χ1) is 9.15. The Bertz CT molecular complexity index is 453. The van der Waals surface area contributed by atoms with Crippen LogP contribution in [0.2, 0.25) is 0 Å². The molecule has 1 fully saturated rings. The van der Waals surface area contributed by atoms with Crippen molar-refractivity contribution in [3.05, 3.63) is 29.3 Å². The van der Waals surface area contributed by atoms with Crippen molar-refractivity contribution in [2.75, 3.05) is 0 Å². The molecule has 0 spiro atoms. The number of hydrogen-bond acceptors (Lipinski definition) is 2. The van der Waals surface area contributed by atoms with E-state index in [0.29, 0.717) is 5.75 Å². The number of fused-ring (bicyclic) bond motifs is 2. The van der Waals surface area contributed by atoms with Crippen molar-refractivity contribution in [1.82, 2.24) is 0 Å². The molecule has 1 aromatic carbocycles. The summed E-state index contributed by atoms with van der Waals surface area (Å²) in [6.07, 6.45) is 6.70. The number of aliphatic hydroxyl groups excluding tert-OH is 1. The molecule has 2 nitrogen and oxygen atoms in total. The highest BCUT2D eigenvalue weighted by Crippen LogP contribution is 2.47. The second-order valence-corrected chi connectivity index (χ2v) is 6.51. The zero-order valence-corrected chi connectivity index (χ0v) is 11.7. The minimum absolute atomic E-state index is 0.168. The Kier molecular flexibility index (Phi) is 3.53. The smallest absolute Gasteiger partial charge is 0.119 e. The maximum Gasteiger partial charge on any atom is 0.119 e. The molecule has 2 N–H and O–H groups in total. The molecule has 104 valence electrons. The van der Waals surface area contributed by atoms with Crippen LogP contribution in [0.3, 0.4) is 0 Å². The summed E-state index contributed by atoms with van der Waals surface area (Å²) in [4.78, 5) is 0. The topological polar surface area (TPSA) is 40.5 Å². The first kappa shape index (κ1) is 13.0. The summed E-state index contributed by atoms with van der Waals surface area (Å²) in [7, 11) is 0. The number of benzene rings is 1. The van der Waals surface area contributed by atoms with E-state index in [1.807, 2.05) is 19.1 Å². The number of hydrogen-bond donors (Lipinski definition) is 2. The molecule has 19 heavy (non-hydrogen) atoms. The Hall–Kier alpha value is -1.02. The molecule has 2 aliphatic rings. The van der Waals surface area contributed by atoms with Crippen molar-refractivity contribution >= 4 is 0 Å². The van der Waals surface area contributed by atoms with E-state index >= 15 is 0 Å². The molecular weight excluding hydrogens is 236 g/mol. The highest BCUT2D eigenvalue weighted by Gasteiger charge is 2.39. The number of aliphatic hydroxyl groups is 1. The molecule has 0 radical (unpaired) electrons. The molecular formula is C17H24O2. The van der Waals surface area contributed by atoms with Gasteiger partial charge in [-0.1, -0.05) is 12.1 Å². The molecule has 4 unspecified atom stereocenters. The Morgan fingerprint density at radius 1 is 1.26 bits per heavy atom. The Balaban J connectivity index is 1.75. The quantitative estimate of drug-likeness (QED) is 0.875. The fourth-order valence-electron chi connectivity index (χ4n) is 4.21. The van der Waals surface area contributed by atoms with Gasteiger partial charge in [-0.15, -0.1) is 0 Å². The van der Waals surface area contributed by atoms with Gasteiger partial charge in [0.2, 0.25) is 0 Å². The van der Waals surface area contributed by atoms with Gasteiger partial charge in [-0.25, -0.2) is 0 Å². The number of rotatable bonds is 3. The van der Waals surface area contributed by atoms with Crippen LogP contribution in [0.4, 0.5) is 0 Å². The van der Waals surface area contributed by atoms with Crippen LogP contribution in [0.1, 0.15) is 43.7 Å². The van der Waals surface area contributed by atoms with E-state index in [9.17, 15) is 10.2 Å². The molecule has 3 rings (SSSR count). The van der Waals surface area contributed by atoms with Gasteiger partial charge < -0.3 is 10.2 Å². The van der Waals surface area contributed by atoms with Crippen molar-refractivity contribution in [3.8, 4) is 5.75 Å². The largest absolute Gasteiger partial charge is 0.508 e. The molecule has 0 heterocycles. The molecule has 4 atom stereocenters. The van der Waals surface area contributed by atoms with E-state index in [2.05, 4.69) is 6.07 Å². The summed E-state index contributed by atoms with van der Waals surface area (Å²) < 4.78 is 0. The van der Waals surface area contributed by atoms with Gasteiger partial charge in [-0.2, -0.15) is 0 Å². The minimum Gasteiger partial charge on any atom is -0.508 e. The predicted octanol–water partition coefficient (Wildman–Crippen LogP) is 3.29. The summed E-state index contributed by atoms with van der Waals surface area (Å²) in [6.45, 7) is 1.89. The lowest BCUT2D eigenvalue weighted by Crippen LogP contribution is -2.25. The molecule has 0 aromatic heterocycles. The van der Waals surface area contributed by atoms with Crippen LogP contribution in [-0.2, 0) is 12.8 Å². The minimum atomic E-state index is -0.168. The lowest BCUT2D eigenvalue weighted by Gasteiger charge is -2.31.